The van der Waals surface area contributed by atoms with Crippen LogP contribution in [0, 0.1) is 12.7 Å². The van der Waals surface area contributed by atoms with Crippen molar-refractivity contribution in [3.8, 4) is 11.1 Å². The van der Waals surface area contributed by atoms with Crippen LogP contribution in [0.4, 0.5) is 23.2 Å². The van der Waals surface area contributed by atoms with Crippen LogP contribution in [0.5, 0.6) is 0 Å². The van der Waals surface area contributed by atoms with Crippen molar-refractivity contribution in [3.63, 3.8) is 0 Å². The number of carbonyl (C=O) groups excluding carboxylic acids is 1. The second-order valence-electron chi connectivity index (χ2n) is 7.98. The van der Waals surface area contributed by atoms with E-state index >= 15 is 0 Å². The van der Waals surface area contributed by atoms with Crippen LogP contribution < -0.4 is 5.32 Å². The van der Waals surface area contributed by atoms with E-state index in [4.69, 9.17) is 0 Å². The second kappa shape index (κ2) is 7.99. The summed E-state index contributed by atoms with van der Waals surface area (Å²) in [5.41, 5.74) is -0.671. The number of hydrogen-bond donors (Lipinski definition) is 2. The zero-order chi connectivity index (χ0) is 24.0. The fourth-order valence-corrected chi connectivity index (χ4v) is 3.75. The third-order valence-electron chi connectivity index (χ3n) is 5.73. The maximum atomic E-state index is 14.5. The number of aryl methyl sites for hydroxylation is 1. The van der Waals surface area contributed by atoms with Crippen molar-refractivity contribution >= 4 is 17.6 Å². The minimum absolute atomic E-state index is 0.0657. The fraction of sp³-hybridized carbons (Fsp3) is 0.208. The molecule has 3 aromatic rings. The molecule has 1 saturated carbocycles. The minimum atomic E-state index is -4.69. The highest BCUT2D eigenvalue weighted by molar-refractivity contribution is 6.03. The number of amides is 1. The van der Waals surface area contributed by atoms with Crippen molar-refractivity contribution in [2.75, 3.05) is 5.32 Å². The van der Waals surface area contributed by atoms with Crippen molar-refractivity contribution < 1.29 is 32.3 Å². The van der Waals surface area contributed by atoms with Crippen LogP contribution in [0.25, 0.3) is 11.1 Å². The molecular weight excluding hydrogens is 440 g/mol. The number of anilines is 1. The van der Waals surface area contributed by atoms with E-state index in [0.717, 1.165) is 17.8 Å². The Hall–Kier alpha value is -3.75. The molecule has 1 fully saturated rings. The molecule has 0 unspecified atom stereocenters. The number of nitrogens with one attached hydrogen (secondary N) is 1. The van der Waals surface area contributed by atoms with Crippen LogP contribution in [-0.4, -0.2) is 22.0 Å². The van der Waals surface area contributed by atoms with Gasteiger partial charge < -0.3 is 10.4 Å². The number of halogens is 4. The SMILES string of the molecule is Cc1ccc(-c2ccc(NC(=O)C3(c4ccc(C(F)(F)F)cc4F)CC3)cc2C(=O)O)cn1. The standard InChI is InChI=1S/C24H18F4N2O3/c1-13-2-3-14(12-29-13)17-6-5-16(11-18(17)21(31)32)30-22(33)23(8-9-23)19-7-4-15(10-20(19)25)24(26,27)28/h2-7,10-12H,8-9H2,1H3,(H,30,33)(H,31,32). The molecule has 0 saturated heterocycles. The Bertz CT molecular complexity index is 1250. The number of benzene rings is 2. The van der Waals surface area contributed by atoms with E-state index in [1.54, 1.807) is 25.3 Å². The highest BCUT2D eigenvalue weighted by atomic mass is 19.4. The Morgan fingerprint density at radius 2 is 1.79 bits per heavy atom. The first-order valence-electron chi connectivity index (χ1n) is 10.0. The van der Waals surface area contributed by atoms with Gasteiger partial charge in [-0.3, -0.25) is 9.78 Å². The maximum Gasteiger partial charge on any atom is 0.416 e. The van der Waals surface area contributed by atoms with Crippen LogP contribution >= 0.6 is 0 Å². The molecule has 2 aromatic carbocycles. The van der Waals surface area contributed by atoms with E-state index in [1.807, 2.05) is 0 Å². The van der Waals surface area contributed by atoms with Gasteiger partial charge in [-0.2, -0.15) is 13.2 Å². The summed E-state index contributed by atoms with van der Waals surface area (Å²) in [6.45, 7) is 1.80. The van der Waals surface area contributed by atoms with E-state index in [1.165, 1.54) is 18.2 Å². The lowest BCUT2D eigenvalue weighted by Crippen LogP contribution is -2.29. The molecule has 1 heterocycles. The number of nitrogens with zero attached hydrogens (tertiary/aromatic N) is 1. The highest BCUT2D eigenvalue weighted by Crippen LogP contribution is 2.50. The molecule has 4 rings (SSSR count). The van der Waals surface area contributed by atoms with Gasteiger partial charge in [0.25, 0.3) is 0 Å². The molecule has 1 aliphatic rings. The van der Waals surface area contributed by atoms with Crippen molar-refractivity contribution in [2.24, 2.45) is 0 Å². The zero-order valence-electron chi connectivity index (χ0n) is 17.3. The molecule has 9 heteroatoms. The number of carboxylic acid groups (broad SMARTS) is 1. The molecule has 5 nitrogen and oxygen atoms in total. The Labute approximate surface area is 186 Å². The van der Waals surface area contributed by atoms with Crippen LogP contribution in [0.15, 0.2) is 54.7 Å². The molecule has 0 aliphatic heterocycles. The molecule has 170 valence electrons. The van der Waals surface area contributed by atoms with Gasteiger partial charge >= 0.3 is 12.1 Å². The summed E-state index contributed by atoms with van der Waals surface area (Å²) in [5.74, 6) is -2.93. The molecule has 0 spiro atoms. The molecule has 1 amide bonds. The van der Waals surface area contributed by atoms with E-state index in [2.05, 4.69) is 10.3 Å². The Kier molecular flexibility index (Phi) is 5.43. The summed E-state index contributed by atoms with van der Waals surface area (Å²) in [7, 11) is 0. The number of aromatic carboxylic acids is 1. The largest absolute Gasteiger partial charge is 0.478 e. The number of alkyl halides is 3. The molecule has 1 aromatic heterocycles. The van der Waals surface area contributed by atoms with Crippen LogP contribution in [-0.2, 0) is 16.4 Å². The number of aromatic nitrogens is 1. The first-order chi connectivity index (χ1) is 15.5. The average Bonchev–Trinajstić information content (AvgIpc) is 3.55. The van der Waals surface area contributed by atoms with E-state index in [0.29, 0.717) is 17.2 Å². The first-order valence-corrected chi connectivity index (χ1v) is 10.0. The predicted molar refractivity (Wildman–Crippen MR) is 112 cm³/mol. The lowest BCUT2D eigenvalue weighted by atomic mass is 9.93. The summed E-state index contributed by atoms with van der Waals surface area (Å²) in [6.07, 6.45) is -2.62. The minimum Gasteiger partial charge on any atom is -0.478 e. The monoisotopic (exact) mass is 458 g/mol. The van der Waals surface area contributed by atoms with Crippen LogP contribution in [0.1, 0.15) is 40.0 Å². The maximum absolute atomic E-state index is 14.5. The highest BCUT2D eigenvalue weighted by Gasteiger charge is 2.53. The second-order valence-corrected chi connectivity index (χ2v) is 7.98. The van der Waals surface area contributed by atoms with Crippen molar-refractivity contribution in [1.29, 1.82) is 0 Å². The number of pyridine rings is 1. The molecule has 0 atom stereocenters. The topological polar surface area (TPSA) is 79.3 Å². The van der Waals surface area contributed by atoms with Crippen molar-refractivity contribution in [1.82, 2.24) is 4.98 Å². The summed E-state index contributed by atoms with van der Waals surface area (Å²) in [6, 6.07) is 9.92. The van der Waals surface area contributed by atoms with Gasteiger partial charge in [-0.15, -0.1) is 0 Å². The lowest BCUT2D eigenvalue weighted by molar-refractivity contribution is -0.137. The number of rotatable bonds is 5. The number of carboxylic acids is 1. The van der Waals surface area contributed by atoms with E-state index in [-0.39, 0.29) is 29.7 Å². The summed E-state index contributed by atoms with van der Waals surface area (Å²) in [5, 5.41) is 12.2. The Morgan fingerprint density at radius 3 is 2.33 bits per heavy atom. The summed E-state index contributed by atoms with van der Waals surface area (Å²) in [4.78, 5) is 28.9. The average molecular weight is 458 g/mol. The predicted octanol–water partition coefficient (Wildman–Crippen LogP) is 5.58. The van der Waals surface area contributed by atoms with Gasteiger partial charge in [0.2, 0.25) is 5.91 Å². The van der Waals surface area contributed by atoms with Gasteiger partial charge in [0.1, 0.15) is 5.82 Å². The lowest BCUT2D eigenvalue weighted by Gasteiger charge is -2.18. The summed E-state index contributed by atoms with van der Waals surface area (Å²) < 4.78 is 53.0. The molecular formula is C24H18F4N2O3. The first kappa shape index (κ1) is 22.4. The van der Waals surface area contributed by atoms with E-state index in [9.17, 15) is 32.3 Å². The Balaban J connectivity index is 1.62. The van der Waals surface area contributed by atoms with Gasteiger partial charge in [-0.25, -0.2) is 9.18 Å². The van der Waals surface area contributed by atoms with Gasteiger partial charge in [0.15, 0.2) is 0 Å². The van der Waals surface area contributed by atoms with Gasteiger partial charge in [0.05, 0.1) is 16.5 Å². The Morgan fingerprint density at radius 1 is 1.06 bits per heavy atom. The third kappa shape index (κ3) is 4.30. The van der Waals surface area contributed by atoms with Gasteiger partial charge in [-0.05, 0) is 55.7 Å². The van der Waals surface area contributed by atoms with Crippen molar-refractivity contribution in [2.45, 2.75) is 31.4 Å². The molecule has 33 heavy (non-hydrogen) atoms. The molecule has 0 radical (unpaired) electrons. The third-order valence-corrected chi connectivity index (χ3v) is 5.73. The smallest absolute Gasteiger partial charge is 0.416 e. The fourth-order valence-electron chi connectivity index (χ4n) is 3.75. The number of carbonyl (C=O) groups is 2. The normalized spacial score (nSPS) is 14.6. The van der Waals surface area contributed by atoms with Crippen LogP contribution in [0.3, 0.4) is 0 Å². The molecule has 1 aliphatic carbocycles. The molecule has 0 bridgehead atoms. The van der Waals surface area contributed by atoms with E-state index < -0.39 is 34.8 Å². The van der Waals surface area contributed by atoms with Gasteiger partial charge in [-0.1, -0.05) is 18.2 Å². The quantitative estimate of drug-likeness (QED) is 0.489. The van der Waals surface area contributed by atoms with Crippen LogP contribution in [0.2, 0.25) is 0 Å². The summed E-state index contributed by atoms with van der Waals surface area (Å²) >= 11 is 0. The van der Waals surface area contributed by atoms with Crippen molar-refractivity contribution in [3.05, 3.63) is 82.9 Å². The number of hydrogen-bond acceptors (Lipinski definition) is 3. The zero-order valence-corrected chi connectivity index (χ0v) is 17.3. The molecule has 2 N–H and O–H groups in total. The van der Waals surface area contributed by atoms with Gasteiger partial charge in [0, 0.05) is 28.7 Å².